The van der Waals surface area contributed by atoms with Crippen molar-refractivity contribution in [3.05, 3.63) is 34.3 Å². The SMILES string of the molecule is NC(CCN1CCN2CCCC2C1)c1cccc(Br)c1. The molecule has 2 atom stereocenters. The molecule has 0 aromatic heterocycles. The first kappa shape index (κ1) is 14.5. The summed E-state index contributed by atoms with van der Waals surface area (Å²) < 4.78 is 1.12. The highest BCUT2D eigenvalue weighted by molar-refractivity contribution is 9.10. The van der Waals surface area contributed by atoms with Crippen LogP contribution in [0.4, 0.5) is 0 Å². The molecule has 0 saturated carbocycles. The van der Waals surface area contributed by atoms with Crippen molar-refractivity contribution in [1.29, 1.82) is 0 Å². The van der Waals surface area contributed by atoms with Gasteiger partial charge in [0.05, 0.1) is 0 Å². The van der Waals surface area contributed by atoms with Gasteiger partial charge in [-0.2, -0.15) is 0 Å². The molecular weight excluding hydrogens is 314 g/mol. The highest BCUT2D eigenvalue weighted by Gasteiger charge is 2.30. The summed E-state index contributed by atoms with van der Waals surface area (Å²) in [5.74, 6) is 0. The van der Waals surface area contributed by atoms with Crippen LogP contribution in [-0.2, 0) is 0 Å². The summed E-state index contributed by atoms with van der Waals surface area (Å²) in [5.41, 5.74) is 7.57. The maximum atomic E-state index is 6.33. The molecule has 0 amide bonds. The van der Waals surface area contributed by atoms with Gasteiger partial charge < -0.3 is 10.6 Å². The van der Waals surface area contributed by atoms with Crippen LogP contribution in [-0.4, -0.2) is 48.6 Å². The molecule has 2 heterocycles. The molecule has 3 rings (SSSR count). The van der Waals surface area contributed by atoms with Crippen molar-refractivity contribution >= 4 is 15.9 Å². The number of rotatable bonds is 4. The molecule has 2 saturated heterocycles. The van der Waals surface area contributed by atoms with Crippen LogP contribution in [0.15, 0.2) is 28.7 Å². The molecule has 0 bridgehead atoms. The Labute approximate surface area is 130 Å². The van der Waals surface area contributed by atoms with Crippen molar-refractivity contribution < 1.29 is 0 Å². The second-order valence-electron chi connectivity index (χ2n) is 6.08. The first-order valence-electron chi connectivity index (χ1n) is 7.70. The van der Waals surface area contributed by atoms with Gasteiger partial charge in [-0.05, 0) is 43.5 Å². The van der Waals surface area contributed by atoms with E-state index in [4.69, 9.17) is 5.73 Å². The molecule has 0 aliphatic carbocycles. The van der Waals surface area contributed by atoms with Gasteiger partial charge in [0.25, 0.3) is 0 Å². The average molecular weight is 338 g/mol. The average Bonchev–Trinajstić information content (AvgIpc) is 2.92. The second-order valence-corrected chi connectivity index (χ2v) is 7.00. The fourth-order valence-corrected chi connectivity index (χ4v) is 3.90. The number of piperazine rings is 1. The highest BCUT2D eigenvalue weighted by Crippen LogP contribution is 2.23. The van der Waals surface area contributed by atoms with Gasteiger partial charge in [-0.25, -0.2) is 0 Å². The molecule has 1 aromatic carbocycles. The van der Waals surface area contributed by atoms with Gasteiger partial charge in [0.1, 0.15) is 0 Å². The van der Waals surface area contributed by atoms with E-state index in [1.54, 1.807) is 0 Å². The Kier molecular flexibility index (Phi) is 4.76. The number of hydrogen-bond acceptors (Lipinski definition) is 3. The number of halogens is 1. The maximum Gasteiger partial charge on any atom is 0.0307 e. The molecule has 110 valence electrons. The summed E-state index contributed by atoms with van der Waals surface area (Å²) in [6, 6.07) is 9.34. The summed E-state index contributed by atoms with van der Waals surface area (Å²) in [4.78, 5) is 5.26. The minimum Gasteiger partial charge on any atom is -0.324 e. The van der Waals surface area contributed by atoms with Gasteiger partial charge in [0, 0.05) is 42.7 Å². The molecule has 2 N–H and O–H groups in total. The van der Waals surface area contributed by atoms with Crippen molar-refractivity contribution in [2.45, 2.75) is 31.3 Å². The molecule has 0 spiro atoms. The molecule has 3 nitrogen and oxygen atoms in total. The molecular formula is C16H24BrN3. The Morgan fingerprint density at radius 1 is 1.30 bits per heavy atom. The van der Waals surface area contributed by atoms with E-state index < -0.39 is 0 Å². The van der Waals surface area contributed by atoms with E-state index in [9.17, 15) is 0 Å². The minimum absolute atomic E-state index is 0.147. The third-order valence-electron chi connectivity index (χ3n) is 4.70. The monoisotopic (exact) mass is 337 g/mol. The second kappa shape index (κ2) is 6.56. The lowest BCUT2D eigenvalue weighted by molar-refractivity contribution is 0.102. The first-order valence-corrected chi connectivity index (χ1v) is 8.49. The fourth-order valence-electron chi connectivity index (χ4n) is 3.48. The normalized spacial score (nSPS) is 25.6. The predicted octanol–water partition coefficient (Wildman–Crippen LogP) is 2.62. The van der Waals surface area contributed by atoms with Crippen LogP contribution in [0.1, 0.15) is 30.9 Å². The molecule has 4 heteroatoms. The Hall–Kier alpha value is -0.420. The molecule has 2 aliphatic rings. The van der Waals surface area contributed by atoms with Gasteiger partial charge >= 0.3 is 0 Å². The van der Waals surface area contributed by atoms with E-state index in [1.165, 1.54) is 44.6 Å². The molecule has 2 unspecified atom stereocenters. The van der Waals surface area contributed by atoms with E-state index in [-0.39, 0.29) is 6.04 Å². The quantitative estimate of drug-likeness (QED) is 0.916. The Morgan fingerprint density at radius 3 is 3.05 bits per heavy atom. The fraction of sp³-hybridized carbons (Fsp3) is 0.625. The number of hydrogen-bond donors (Lipinski definition) is 1. The largest absolute Gasteiger partial charge is 0.324 e. The van der Waals surface area contributed by atoms with Crippen molar-refractivity contribution in [2.24, 2.45) is 5.73 Å². The van der Waals surface area contributed by atoms with Crippen molar-refractivity contribution in [3.63, 3.8) is 0 Å². The van der Waals surface area contributed by atoms with E-state index in [1.807, 2.05) is 0 Å². The Balaban J connectivity index is 1.49. The van der Waals surface area contributed by atoms with Crippen LogP contribution < -0.4 is 5.73 Å². The van der Waals surface area contributed by atoms with Crippen molar-refractivity contribution in [3.8, 4) is 0 Å². The molecule has 20 heavy (non-hydrogen) atoms. The summed E-state index contributed by atoms with van der Waals surface area (Å²) in [7, 11) is 0. The molecule has 2 fully saturated rings. The van der Waals surface area contributed by atoms with Gasteiger partial charge in [0.2, 0.25) is 0 Å². The number of nitrogens with two attached hydrogens (primary N) is 1. The Bertz CT molecular complexity index is 451. The zero-order valence-corrected chi connectivity index (χ0v) is 13.6. The summed E-state index contributed by atoms with van der Waals surface area (Å²) in [6.07, 6.45) is 3.81. The van der Waals surface area contributed by atoms with Crippen molar-refractivity contribution in [1.82, 2.24) is 9.80 Å². The van der Waals surface area contributed by atoms with E-state index in [0.29, 0.717) is 0 Å². The number of benzene rings is 1. The summed E-state index contributed by atoms with van der Waals surface area (Å²) in [6.45, 7) is 6.14. The number of fused-ring (bicyclic) bond motifs is 1. The maximum absolute atomic E-state index is 6.33. The number of nitrogens with zero attached hydrogens (tertiary/aromatic N) is 2. The lowest BCUT2D eigenvalue weighted by atomic mass is 10.0. The van der Waals surface area contributed by atoms with Crippen LogP contribution in [0.25, 0.3) is 0 Å². The summed E-state index contributed by atoms with van der Waals surface area (Å²) >= 11 is 3.52. The van der Waals surface area contributed by atoms with Crippen LogP contribution >= 0.6 is 15.9 Å². The molecule has 1 aromatic rings. The van der Waals surface area contributed by atoms with E-state index >= 15 is 0 Å². The first-order chi connectivity index (χ1) is 9.72. The topological polar surface area (TPSA) is 32.5 Å². The van der Waals surface area contributed by atoms with E-state index in [2.05, 4.69) is 50.0 Å². The molecule has 0 radical (unpaired) electrons. The predicted molar refractivity (Wildman–Crippen MR) is 86.7 cm³/mol. The third kappa shape index (κ3) is 3.42. The lowest BCUT2D eigenvalue weighted by Crippen LogP contribution is -2.50. The van der Waals surface area contributed by atoms with E-state index in [0.717, 1.165) is 23.5 Å². The smallest absolute Gasteiger partial charge is 0.0307 e. The van der Waals surface area contributed by atoms with Gasteiger partial charge in [-0.3, -0.25) is 4.90 Å². The van der Waals surface area contributed by atoms with Gasteiger partial charge in [-0.15, -0.1) is 0 Å². The van der Waals surface area contributed by atoms with Gasteiger partial charge in [-0.1, -0.05) is 28.1 Å². The standard InChI is InChI=1S/C16H24BrN3/c17-14-4-1-3-13(11-14)16(18)6-8-19-9-10-20-7-2-5-15(20)12-19/h1,3-4,11,15-16H,2,5-10,12,18H2. The third-order valence-corrected chi connectivity index (χ3v) is 5.20. The van der Waals surface area contributed by atoms with Crippen LogP contribution in [0.3, 0.4) is 0 Å². The van der Waals surface area contributed by atoms with Crippen LogP contribution in [0.5, 0.6) is 0 Å². The van der Waals surface area contributed by atoms with Crippen LogP contribution in [0, 0.1) is 0 Å². The van der Waals surface area contributed by atoms with Crippen LogP contribution in [0.2, 0.25) is 0 Å². The minimum atomic E-state index is 0.147. The Morgan fingerprint density at radius 2 is 2.20 bits per heavy atom. The highest BCUT2D eigenvalue weighted by atomic mass is 79.9. The summed E-state index contributed by atoms with van der Waals surface area (Å²) in [5, 5.41) is 0. The van der Waals surface area contributed by atoms with Crippen molar-refractivity contribution in [2.75, 3.05) is 32.7 Å². The zero-order chi connectivity index (χ0) is 13.9. The zero-order valence-electron chi connectivity index (χ0n) is 12.0. The molecule has 2 aliphatic heterocycles. The van der Waals surface area contributed by atoms with Gasteiger partial charge in [0.15, 0.2) is 0 Å². The lowest BCUT2D eigenvalue weighted by Gasteiger charge is -2.37.